The molecular formula is C34H28ClN3. The standard InChI is InChI=1S/C34H28N3.ClH/c1-4-10-28(11-5-1)30-18-16-27(17-19-30)24-36-25-35-37(26-36)34(32-14-8-3-9-15-32)33-22-20-31(21-23-33)29-12-6-2-7-13-29;/h1-23,25-26,34H,24H2;1H/q+1;/p-1. The summed E-state index contributed by atoms with van der Waals surface area (Å²) in [6, 6.07) is 49.2. The summed E-state index contributed by atoms with van der Waals surface area (Å²) < 4.78 is 4.21. The molecular weight excluding hydrogens is 486 g/mol. The van der Waals surface area contributed by atoms with Gasteiger partial charge in [-0.1, -0.05) is 140 Å². The Bertz CT molecular complexity index is 1560. The van der Waals surface area contributed by atoms with Crippen LogP contribution in [-0.2, 0) is 6.54 Å². The van der Waals surface area contributed by atoms with Crippen molar-refractivity contribution < 1.29 is 17.0 Å². The molecule has 6 aromatic rings. The molecule has 1 heterocycles. The Morgan fingerprint density at radius 2 is 0.974 bits per heavy atom. The number of aromatic nitrogens is 3. The van der Waals surface area contributed by atoms with E-state index in [0.29, 0.717) is 0 Å². The Hall–Kier alpha value is -4.47. The van der Waals surface area contributed by atoms with Gasteiger partial charge in [-0.2, -0.15) is 0 Å². The minimum Gasteiger partial charge on any atom is -1.00 e. The molecule has 5 aromatic carbocycles. The van der Waals surface area contributed by atoms with Crippen molar-refractivity contribution in [2.75, 3.05) is 0 Å². The molecule has 6 rings (SSSR count). The van der Waals surface area contributed by atoms with Gasteiger partial charge in [0.25, 0.3) is 6.33 Å². The highest BCUT2D eigenvalue weighted by molar-refractivity contribution is 5.64. The Labute approximate surface area is 230 Å². The van der Waals surface area contributed by atoms with E-state index < -0.39 is 0 Å². The largest absolute Gasteiger partial charge is 1.00 e. The first-order valence-electron chi connectivity index (χ1n) is 12.6. The van der Waals surface area contributed by atoms with Crippen LogP contribution in [0.5, 0.6) is 0 Å². The van der Waals surface area contributed by atoms with Crippen LogP contribution in [0.25, 0.3) is 22.3 Å². The summed E-state index contributed by atoms with van der Waals surface area (Å²) in [4.78, 5) is 0. The SMILES string of the molecule is [Cl-].c1ccc(-c2ccc(C[n+]3cnn(C(c4ccccc4)c4ccc(-c5ccccc5)cc4)c3)cc2)cc1. The normalized spacial score (nSPS) is 11.5. The molecule has 0 aliphatic rings. The van der Waals surface area contributed by atoms with Crippen LogP contribution >= 0.6 is 0 Å². The second kappa shape index (κ2) is 11.7. The van der Waals surface area contributed by atoms with Gasteiger partial charge in [0.15, 0.2) is 6.04 Å². The second-order valence-electron chi connectivity index (χ2n) is 9.26. The molecule has 38 heavy (non-hydrogen) atoms. The van der Waals surface area contributed by atoms with Crippen molar-refractivity contribution in [2.24, 2.45) is 0 Å². The zero-order valence-corrected chi connectivity index (χ0v) is 21.7. The molecule has 0 spiro atoms. The number of halogens is 1. The zero-order chi connectivity index (χ0) is 24.9. The fourth-order valence-electron chi connectivity index (χ4n) is 4.82. The van der Waals surface area contributed by atoms with Crippen molar-refractivity contribution in [1.82, 2.24) is 9.78 Å². The van der Waals surface area contributed by atoms with Gasteiger partial charge in [-0.05, 0) is 38.9 Å². The quantitative estimate of drug-likeness (QED) is 0.293. The molecule has 0 amide bonds. The number of benzene rings is 5. The number of nitrogens with zero attached hydrogens (tertiary/aromatic N) is 3. The third-order valence-electron chi connectivity index (χ3n) is 6.74. The molecule has 0 bridgehead atoms. The van der Waals surface area contributed by atoms with Crippen molar-refractivity contribution in [2.45, 2.75) is 12.6 Å². The maximum atomic E-state index is 4.79. The molecule has 1 atom stereocenters. The Balaban J connectivity index is 0.00000294. The third-order valence-corrected chi connectivity index (χ3v) is 6.74. The van der Waals surface area contributed by atoms with Gasteiger partial charge in [0.05, 0.1) is 6.54 Å². The highest BCUT2D eigenvalue weighted by Crippen LogP contribution is 2.28. The van der Waals surface area contributed by atoms with E-state index >= 15 is 0 Å². The number of rotatable bonds is 7. The fraction of sp³-hybridized carbons (Fsp3) is 0.0588. The molecule has 0 aliphatic carbocycles. The summed E-state index contributed by atoms with van der Waals surface area (Å²) in [6.45, 7) is 0.767. The Kier molecular flexibility index (Phi) is 7.77. The van der Waals surface area contributed by atoms with E-state index in [4.69, 9.17) is 5.10 Å². The summed E-state index contributed by atoms with van der Waals surface area (Å²) in [7, 11) is 0. The minimum atomic E-state index is -0.00673. The molecule has 0 fully saturated rings. The first-order chi connectivity index (χ1) is 18.3. The molecule has 186 valence electrons. The van der Waals surface area contributed by atoms with Crippen LogP contribution in [-0.4, -0.2) is 9.78 Å². The molecule has 0 aliphatic heterocycles. The van der Waals surface area contributed by atoms with E-state index in [0.717, 1.165) is 6.54 Å². The van der Waals surface area contributed by atoms with E-state index in [1.54, 1.807) is 0 Å². The summed E-state index contributed by atoms with van der Waals surface area (Å²) in [6.07, 6.45) is 4.02. The summed E-state index contributed by atoms with van der Waals surface area (Å²) >= 11 is 0. The van der Waals surface area contributed by atoms with Gasteiger partial charge in [-0.15, -0.1) is 4.68 Å². The van der Waals surface area contributed by atoms with E-state index in [9.17, 15) is 0 Å². The van der Waals surface area contributed by atoms with Crippen molar-refractivity contribution in [3.8, 4) is 22.3 Å². The minimum absolute atomic E-state index is 0. The number of hydrogen-bond donors (Lipinski definition) is 0. The molecule has 0 N–H and O–H groups in total. The Morgan fingerprint density at radius 3 is 1.53 bits per heavy atom. The predicted molar refractivity (Wildman–Crippen MR) is 149 cm³/mol. The molecule has 1 unspecified atom stereocenters. The first kappa shape index (κ1) is 25.2. The van der Waals surface area contributed by atoms with Gasteiger partial charge in [0.1, 0.15) is 0 Å². The van der Waals surface area contributed by atoms with Crippen molar-refractivity contribution in [3.05, 3.63) is 169 Å². The predicted octanol–water partition coefficient (Wildman–Crippen LogP) is 4.19. The topological polar surface area (TPSA) is 21.7 Å². The molecule has 3 nitrogen and oxygen atoms in total. The first-order valence-corrected chi connectivity index (χ1v) is 12.6. The van der Waals surface area contributed by atoms with Crippen LogP contribution in [0.15, 0.2) is 152 Å². The van der Waals surface area contributed by atoms with Crippen LogP contribution < -0.4 is 17.0 Å². The van der Waals surface area contributed by atoms with Crippen LogP contribution in [0.3, 0.4) is 0 Å². The summed E-state index contributed by atoms with van der Waals surface area (Å²) in [5.74, 6) is 0. The van der Waals surface area contributed by atoms with Crippen LogP contribution in [0, 0.1) is 0 Å². The maximum absolute atomic E-state index is 4.79. The van der Waals surface area contributed by atoms with Gasteiger partial charge in [-0.3, -0.25) is 0 Å². The van der Waals surface area contributed by atoms with Crippen molar-refractivity contribution in [1.29, 1.82) is 0 Å². The molecule has 4 heteroatoms. The lowest BCUT2D eigenvalue weighted by atomic mass is 9.96. The summed E-state index contributed by atoms with van der Waals surface area (Å²) in [5, 5.41) is 4.79. The maximum Gasteiger partial charge on any atom is 0.265 e. The molecule has 0 saturated heterocycles. The third kappa shape index (κ3) is 5.59. The zero-order valence-electron chi connectivity index (χ0n) is 20.9. The molecule has 0 saturated carbocycles. The van der Waals surface area contributed by atoms with Gasteiger partial charge in [-0.25, -0.2) is 4.57 Å². The van der Waals surface area contributed by atoms with Crippen molar-refractivity contribution in [3.63, 3.8) is 0 Å². The lowest BCUT2D eigenvalue weighted by Gasteiger charge is -2.14. The monoisotopic (exact) mass is 513 g/mol. The highest BCUT2D eigenvalue weighted by atomic mass is 35.5. The molecule has 0 radical (unpaired) electrons. The van der Waals surface area contributed by atoms with Gasteiger partial charge < -0.3 is 12.4 Å². The van der Waals surface area contributed by atoms with Gasteiger partial charge in [0.2, 0.25) is 6.33 Å². The molecule has 1 aromatic heterocycles. The lowest BCUT2D eigenvalue weighted by molar-refractivity contribution is -0.689. The van der Waals surface area contributed by atoms with E-state index in [2.05, 4.69) is 143 Å². The van der Waals surface area contributed by atoms with Crippen LogP contribution in [0.4, 0.5) is 0 Å². The highest BCUT2D eigenvalue weighted by Gasteiger charge is 2.23. The second-order valence-corrected chi connectivity index (χ2v) is 9.26. The van der Waals surface area contributed by atoms with Crippen LogP contribution in [0.2, 0.25) is 0 Å². The fourth-order valence-corrected chi connectivity index (χ4v) is 4.82. The average molecular weight is 514 g/mol. The van der Waals surface area contributed by atoms with Crippen molar-refractivity contribution >= 4 is 0 Å². The Morgan fingerprint density at radius 1 is 0.526 bits per heavy atom. The summed E-state index contributed by atoms with van der Waals surface area (Å²) in [5.41, 5.74) is 8.55. The smallest absolute Gasteiger partial charge is 0.265 e. The number of hydrogen-bond acceptors (Lipinski definition) is 1. The van der Waals surface area contributed by atoms with E-state index in [1.807, 2.05) is 18.5 Å². The van der Waals surface area contributed by atoms with Gasteiger partial charge in [0, 0.05) is 5.10 Å². The van der Waals surface area contributed by atoms with E-state index in [-0.39, 0.29) is 18.4 Å². The van der Waals surface area contributed by atoms with E-state index in [1.165, 1.54) is 38.9 Å². The lowest BCUT2D eigenvalue weighted by Crippen LogP contribution is -3.00. The van der Waals surface area contributed by atoms with Gasteiger partial charge >= 0.3 is 0 Å². The average Bonchev–Trinajstić information content (AvgIpc) is 3.43. The van der Waals surface area contributed by atoms with Crippen LogP contribution in [0.1, 0.15) is 22.7 Å².